The van der Waals surface area contributed by atoms with Crippen LogP contribution in [0, 0.1) is 0 Å². The van der Waals surface area contributed by atoms with Gasteiger partial charge in [-0.15, -0.1) is 0 Å². The summed E-state index contributed by atoms with van der Waals surface area (Å²) in [6.45, 7) is 4.42. The predicted molar refractivity (Wildman–Crippen MR) is 51.1 cm³/mol. The summed E-state index contributed by atoms with van der Waals surface area (Å²) in [6.07, 6.45) is 0. The standard InChI is InChI=1S/C8H11BrS/c1-6(7(2)9)8-3-4-10-5-8/h3-7H,1-2H3. The predicted octanol–water partition coefficient (Wildman–Crippen LogP) is 3.64. The molecule has 0 saturated heterocycles. The molecule has 0 nitrogen and oxygen atoms in total. The third-order valence-electron chi connectivity index (χ3n) is 1.76. The molecule has 0 N–H and O–H groups in total. The van der Waals surface area contributed by atoms with Crippen molar-refractivity contribution in [3.05, 3.63) is 22.4 Å². The van der Waals surface area contributed by atoms with Gasteiger partial charge in [-0.05, 0) is 28.3 Å². The maximum absolute atomic E-state index is 3.57. The average Bonchev–Trinajstić information content (AvgIpc) is 2.36. The maximum atomic E-state index is 3.57. The highest BCUT2D eigenvalue weighted by atomic mass is 79.9. The summed E-state index contributed by atoms with van der Waals surface area (Å²) in [7, 11) is 0. The lowest BCUT2D eigenvalue weighted by molar-refractivity contribution is 0.765. The normalized spacial score (nSPS) is 16.7. The first-order valence-corrected chi connectivity index (χ1v) is 5.24. The molecule has 0 aromatic carbocycles. The fourth-order valence-electron chi connectivity index (χ4n) is 0.799. The Morgan fingerprint density at radius 1 is 1.50 bits per heavy atom. The quantitative estimate of drug-likeness (QED) is 0.666. The topological polar surface area (TPSA) is 0 Å². The molecule has 10 heavy (non-hydrogen) atoms. The van der Waals surface area contributed by atoms with Gasteiger partial charge >= 0.3 is 0 Å². The highest BCUT2D eigenvalue weighted by molar-refractivity contribution is 9.09. The van der Waals surface area contributed by atoms with Crippen LogP contribution in [0.5, 0.6) is 0 Å². The largest absolute Gasteiger partial charge is 0.152 e. The minimum atomic E-state index is 0.571. The molecule has 0 radical (unpaired) electrons. The lowest BCUT2D eigenvalue weighted by Crippen LogP contribution is -2.02. The first kappa shape index (κ1) is 8.28. The monoisotopic (exact) mass is 218 g/mol. The lowest BCUT2D eigenvalue weighted by atomic mass is 10.0. The summed E-state index contributed by atoms with van der Waals surface area (Å²) in [5.74, 6) is 0.631. The summed E-state index contributed by atoms with van der Waals surface area (Å²) < 4.78 is 0. The molecule has 0 amide bonds. The van der Waals surface area contributed by atoms with Crippen LogP contribution in [0.1, 0.15) is 25.3 Å². The third kappa shape index (κ3) is 1.83. The zero-order chi connectivity index (χ0) is 7.56. The van der Waals surface area contributed by atoms with E-state index in [9.17, 15) is 0 Å². The van der Waals surface area contributed by atoms with Crippen LogP contribution in [0.4, 0.5) is 0 Å². The minimum absolute atomic E-state index is 0.571. The minimum Gasteiger partial charge on any atom is -0.152 e. The van der Waals surface area contributed by atoms with Gasteiger partial charge in [-0.3, -0.25) is 0 Å². The number of rotatable bonds is 2. The summed E-state index contributed by atoms with van der Waals surface area (Å²) in [5.41, 5.74) is 1.44. The zero-order valence-corrected chi connectivity index (χ0v) is 8.58. The number of hydrogen-bond acceptors (Lipinski definition) is 1. The second-order valence-corrected chi connectivity index (χ2v) is 4.75. The van der Waals surface area contributed by atoms with Crippen LogP contribution in [-0.2, 0) is 0 Å². The molecule has 1 rings (SSSR count). The van der Waals surface area contributed by atoms with E-state index >= 15 is 0 Å². The maximum Gasteiger partial charge on any atom is 0.0183 e. The highest BCUT2D eigenvalue weighted by Gasteiger charge is 2.10. The molecule has 56 valence electrons. The zero-order valence-electron chi connectivity index (χ0n) is 6.17. The molecular weight excluding hydrogens is 208 g/mol. The van der Waals surface area contributed by atoms with E-state index in [-0.39, 0.29) is 0 Å². The van der Waals surface area contributed by atoms with E-state index < -0.39 is 0 Å². The van der Waals surface area contributed by atoms with E-state index in [1.54, 1.807) is 11.3 Å². The van der Waals surface area contributed by atoms with Gasteiger partial charge in [-0.2, -0.15) is 11.3 Å². The summed E-state index contributed by atoms with van der Waals surface area (Å²) >= 11 is 5.33. The van der Waals surface area contributed by atoms with Gasteiger partial charge in [0.25, 0.3) is 0 Å². The Labute approximate surface area is 74.4 Å². The Bertz CT molecular complexity index is 179. The van der Waals surface area contributed by atoms with Gasteiger partial charge in [0.05, 0.1) is 0 Å². The second kappa shape index (κ2) is 3.54. The van der Waals surface area contributed by atoms with Gasteiger partial charge in [0.1, 0.15) is 0 Å². The first-order valence-electron chi connectivity index (χ1n) is 3.38. The van der Waals surface area contributed by atoms with E-state index in [0.29, 0.717) is 10.7 Å². The van der Waals surface area contributed by atoms with Gasteiger partial charge in [-0.1, -0.05) is 29.8 Å². The van der Waals surface area contributed by atoms with Crippen LogP contribution in [0.2, 0.25) is 0 Å². The molecule has 0 bridgehead atoms. The number of alkyl halides is 1. The summed E-state index contributed by atoms with van der Waals surface area (Å²) in [5, 5.41) is 4.34. The van der Waals surface area contributed by atoms with Crippen molar-refractivity contribution in [2.45, 2.75) is 24.6 Å². The van der Waals surface area contributed by atoms with Crippen LogP contribution in [0.15, 0.2) is 16.8 Å². The lowest BCUT2D eigenvalue weighted by Gasteiger charge is -2.11. The molecule has 1 aromatic rings. The molecule has 0 aliphatic heterocycles. The Kier molecular flexibility index (Phi) is 2.93. The third-order valence-corrected chi connectivity index (χ3v) is 3.25. The van der Waals surface area contributed by atoms with Crippen molar-refractivity contribution in [1.29, 1.82) is 0 Å². The van der Waals surface area contributed by atoms with Crippen molar-refractivity contribution >= 4 is 27.3 Å². The van der Waals surface area contributed by atoms with Gasteiger partial charge < -0.3 is 0 Å². The van der Waals surface area contributed by atoms with Crippen molar-refractivity contribution in [2.75, 3.05) is 0 Å². The number of halogens is 1. The average molecular weight is 219 g/mol. The van der Waals surface area contributed by atoms with Crippen molar-refractivity contribution in [3.63, 3.8) is 0 Å². The molecule has 0 saturated carbocycles. The van der Waals surface area contributed by atoms with Crippen molar-refractivity contribution in [1.82, 2.24) is 0 Å². The molecule has 0 fully saturated rings. The molecule has 2 atom stereocenters. The molecule has 2 unspecified atom stereocenters. The van der Waals surface area contributed by atoms with E-state index in [2.05, 4.69) is 46.6 Å². The highest BCUT2D eigenvalue weighted by Crippen LogP contribution is 2.25. The van der Waals surface area contributed by atoms with Gasteiger partial charge in [0.15, 0.2) is 0 Å². The Morgan fingerprint density at radius 2 is 2.20 bits per heavy atom. The molecular formula is C8H11BrS. The molecule has 0 aliphatic rings. The fraction of sp³-hybridized carbons (Fsp3) is 0.500. The molecule has 2 heteroatoms. The molecule has 1 heterocycles. The van der Waals surface area contributed by atoms with Crippen molar-refractivity contribution < 1.29 is 0 Å². The van der Waals surface area contributed by atoms with Gasteiger partial charge in [0.2, 0.25) is 0 Å². The van der Waals surface area contributed by atoms with E-state index in [4.69, 9.17) is 0 Å². The smallest absolute Gasteiger partial charge is 0.0183 e. The van der Waals surface area contributed by atoms with Crippen LogP contribution in [0.3, 0.4) is 0 Å². The van der Waals surface area contributed by atoms with E-state index in [1.165, 1.54) is 5.56 Å². The van der Waals surface area contributed by atoms with Crippen LogP contribution in [0.25, 0.3) is 0 Å². The van der Waals surface area contributed by atoms with Crippen molar-refractivity contribution in [3.8, 4) is 0 Å². The van der Waals surface area contributed by atoms with Crippen LogP contribution in [-0.4, -0.2) is 4.83 Å². The Balaban J connectivity index is 2.68. The summed E-state index contributed by atoms with van der Waals surface area (Å²) in [4.78, 5) is 0.571. The second-order valence-electron chi connectivity index (χ2n) is 2.52. The molecule has 0 aliphatic carbocycles. The molecule has 0 spiro atoms. The number of thiophene rings is 1. The SMILES string of the molecule is CC(Br)C(C)c1ccsc1. The van der Waals surface area contributed by atoms with Gasteiger partial charge in [-0.25, -0.2) is 0 Å². The molecule has 1 aromatic heterocycles. The Morgan fingerprint density at radius 3 is 2.60 bits per heavy atom. The van der Waals surface area contributed by atoms with Crippen LogP contribution < -0.4 is 0 Å². The Hall–Kier alpha value is 0.180. The fourth-order valence-corrected chi connectivity index (χ4v) is 1.87. The van der Waals surface area contributed by atoms with Crippen molar-refractivity contribution in [2.24, 2.45) is 0 Å². The summed E-state index contributed by atoms with van der Waals surface area (Å²) in [6, 6.07) is 2.19. The van der Waals surface area contributed by atoms with Gasteiger partial charge in [0, 0.05) is 4.83 Å². The van der Waals surface area contributed by atoms with Crippen LogP contribution >= 0.6 is 27.3 Å². The number of hydrogen-bond donors (Lipinski definition) is 0. The first-order chi connectivity index (χ1) is 4.72. The van der Waals surface area contributed by atoms with E-state index in [1.807, 2.05) is 0 Å². The van der Waals surface area contributed by atoms with E-state index in [0.717, 1.165) is 0 Å².